The molecular weight excluding hydrogens is 448 g/mol. The van der Waals surface area contributed by atoms with E-state index in [0.29, 0.717) is 29.7 Å². The van der Waals surface area contributed by atoms with Crippen LogP contribution >= 0.6 is 0 Å². The molecule has 1 saturated heterocycles. The summed E-state index contributed by atoms with van der Waals surface area (Å²) in [5, 5.41) is 30.8. The highest BCUT2D eigenvalue weighted by molar-refractivity contribution is 5.90. The summed E-state index contributed by atoms with van der Waals surface area (Å²) < 4.78 is 12.0. The molecule has 35 heavy (non-hydrogen) atoms. The molecule has 0 aromatic rings. The van der Waals surface area contributed by atoms with Crippen molar-refractivity contribution >= 4 is 11.8 Å². The Morgan fingerprint density at radius 2 is 1.83 bits per heavy atom. The Morgan fingerprint density at radius 1 is 1.09 bits per heavy atom. The van der Waals surface area contributed by atoms with Crippen LogP contribution in [0, 0.1) is 40.4 Å². The number of ketones is 1. The molecular formula is C28H40O7. The standard InChI is InChI=1S/C28H40O7/c1-13-9-21(34-25(33)16(13)12-29)14(2)17-5-6-18-15-10-23-28(35-23)24(32)20(30)11-22(31)27(28,4)19(15)7-8-26(17,18)3/h14-15,17-21,23-24,29-30,32H,5-12H2,1-4H3/t14-,15?,17?,18?,19?,20-,21?,23+,24-,26+,27-,28-/m0/s1. The number of Topliss-reactive ketones (excluding diaryl/α,β-unsaturated/α-hetero) is 1. The van der Waals surface area contributed by atoms with Crippen LogP contribution in [0.5, 0.6) is 0 Å². The summed E-state index contributed by atoms with van der Waals surface area (Å²) in [6.45, 7) is 8.29. The Kier molecular flexibility index (Phi) is 5.24. The van der Waals surface area contributed by atoms with Crippen LogP contribution in [0.4, 0.5) is 0 Å². The van der Waals surface area contributed by atoms with Crippen molar-refractivity contribution in [1.29, 1.82) is 0 Å². The fourth-order valence-corrected chi connectivity index (χ4v) is 10.0. The Morgan fingerprint density at radius 3 is 2.51 bits per heavy atom. The third-order valence-corrected chi connectivity index (χ3v) is 12.0. The number of fused-ring (bicyclic) bond motifs is 4. The lowest BCUT2D eigenvalue weighted by Gasteiger charge is -2.59. The van der Waals surface area contributed by atoms with Gasteiger partial charge in [0.25, 0.3) is 0 Å². The number of carbonyl (C=O) groups is 2. The molecule has 0 aromatic carbocycles. The van der Waals surface area contributed by atoms with Gasteiger partial charge in [0.1, 0.15) is 23.6 Å². The lowest BCUT2D eigenvalue weighted by molar-refractivity contribution is -0.180. The van der Waals surface area contributed by atoms with Crippen molar-refractivity contribution < 1.29 is 34.4 Å². The number of hydrogen-bond donors (Lipinski definition) is 3. The predicted molar refractivity (Wildman–Crippen MR) is 126 cm³/mol. The van der Waals surface area contributed by atoms with E-state index in [9.17, 15) is 24.9 Å². The molecule has 0 radical (unpaired) electrons. The first kappa shape index (κ1) is 24.1. The van der Waals surface area contributed by atoms with Gasteiger partial charge in [0.05, 0.1) is 29.8 Å². The largest absolute Gasteiger partial charge is 0.458 e. The minimum atomic E-state index is -1.04. The monoisotopic (exact) mass is 488 g/mol. The number of esters is 1. The molecule has 7 heteroatoms. The minimum Gasteiger partial charge on any atom is -0.458 e. The Balaban J connectivity index is 1.27. The van der Waals surface area contributed by atoms with E-state index in [4.69, 9.17) is 9.47 Å². The van der Waals surface area contributed by atoms with Crippen molar-refractivity contribution in [3.63, 3.8) is 0 Å². The second-order valence-electron chi connectivity index (χ2n) is 13.0. The van der Waals surface area contributed by atoms with Gasteiger partial charge in [-0.1, -0.05) is 19.4 Å². The molecule has 194 valence electrons. The van der Waals surface area contributed by atoms with Crippen LogP contribution in [0.1, 0.15) is 72.6 Å². The molecule has 2 heterocycles. The van der Waals surface area contributed by atoms with E-state index < -0.39 is 23.2 Å². The van der Waals surface area contributed by atoms with Crippen molar-refractivity contribution in [3.05, 3.63) is 11.1 Å². The van der Waals surface area contributed by atoms with E-state index in [1.807, 2.05) is 13.8 Å². The molecule has 6 rings (SSSR count). The fourth-order valence-electron chi connectivity index (χ4n) is 10.0. The van der Waals surface area contributed by atoms with E-state index in [-0.39, 0.29) is 54.2 Å². The van der Waals surface area contributed by atoms with Crippen molar-refractivity contribution in [2.24, 2.45) is 40.4 Å². The summed E-state index contributed by atoms with van der Waals surface area (Å²) in [5.74, 6) is 1.29. The van der Waals surface area contributed by atoms with Gasteiger partial charge >= 0.3 is 5.97 Å². The topological polar surface area (TPSA) is 117 Å². The van der Waals surface area contributed by atoms with Gasteiger partial charge in [-0.3, -0.25) is 4.79 Å². The second kappa shape index (κ2) is 7.62. The summed E-state index contributed by atoms with van der Waals surface area (Å²) in [6.07, 6.45) is 3.27. The molecule has 0 bridgehead atoms. The predicted octanol–water partition coefficient (Wildman–Crippen LogP) is 2.55. The highest BCUT2D eigenvalue weighted by Gasteiger charge is 2.82. The lowest BCUT2D eigenvalue weighted by Crippen LogP contribution is -2.68. The molecule has 0 amide bonds. The van der Waals surface area contributed by atoms with Gasteiger partial charge in [0.2, 0.25) is 0 Å². The van der Waals surface area contributed by atoms with Crippen LogP contribution in [0.3, 0.4) is 0 Å². The van der Waals surface area contributed by atoms with Crippen LogP contribution < -0.4 is 0 Å². The molecule has 5 fully saturated rings. The summed E-state index contributed by atoms with van der Waals surface area (Å²) >= 11 is 0. The number of epoxide rings is 1. The van der Waals surface area contributed by atoms with Crippen LogP contribution in [-0.4, -0.2) is 63.7 Å². The molecule has 6 aliphatic rings. The maximum atomic E-state index is 13.4. The number of aliphatic hydroxyl groups is 3. The number of cyclic esters (lactones) is 1. The van der Waals surface area contributed by atoms with Crippen LogP contribution in [-0.2, 0) is 19.1 Å². The zero-order chi connectivity index (χ0) is 25.1. The van der Waals surface area contributed by atoms with Gasteiger partial charge in [0, 0.05) is 12.8 Å². The normalized spacial score (nSPS) is 53.8. The minimum absolute atomic E-state index is 0.00997. The number of aliphatic hydroxyl groups excluding tert-OH is 3. The van der Waals surface area contributed by atoms with E-state index in [0.717, 1.165) is 37.7 Å². The molecule has 4 saturated carbocycles. The number of ether oxygens (including phenoxy) is 2. The van der Waals surface area contributed by atoms with Gasteiger partial charge in [-0.25, -0.2) is 4.79 Å². The molecule has 0 aromatic heterocycles. The van der Waals surface area contributed by atoms with Crippen molar-refractivity contribution in [2.75, 3.05) is 6.61 Å². The van der Waals surface area contributed by atoms with E-state index in [1.165, 1.54) is 0 Å². The lowest BCUT2D eigenvalue weighted by atomic mass is 9.43. The van der Waals surface area contributed by atoms with Crippen LogP contribution in [0.2, 0.25) is 0 Å². The maximum Gasteiger partial charge on any atom is 0.336 e. The van der Waals surface area contributed by atoms with E-state index >= 15 is 0 Å². The van der Waals surface area contributed by atoms with Crippen molar-refractivity contribution in [3.8, 4) is 0 Å². The fraction of sp³-hybridized carbons (Fsp3) is 0.857. The van der Waals surface area contributed by atoms with Gasteiger partial charge in [-0.05, 0) is 81.0 Å². The Hall–Kier alpha value is -1.28. The molecule has 12 atom stereocenters. The molecule has 1 spiro atoms. The molecule has 4 aliphatic carbocycles. The zero-order valence-electron chi connectivity index (χ0n) is 21.3. The summed E-state index contributed by atoms with van der Waals surface area (Å²) in [5.41, 5.74) is -0.221. The first-order chi connectivity index (χ1) is 16.5. The highest BCUT2D eigenvalue weighted by atomic mass is 16.6. The second-order valence-corrected chi connectivity index (χ2v) is 13.0. The molecule has 7 nitrogen and oxygen atoms in total. The van der Waals surface area contributed by atoms with Gasteiger partial charge in [-0.15, -0.1) is 0 Å². The van der Waals surface area contributed by atoms with Gasteiger partial charge < -0.3 is 24.8 Å². The van der Waals surface area contributed by atoms with E-state index in [2.05, 4.69) is 13.8 Å². The molecule has 2 aliphatic heterocycles. The Bertz CT molecular complexity index is 990. The first-order valence-corrected chi connectivity index (χ1v) is 13.6. The average Bonchev–Trinajstić information content (AvgIpc) is 3.44. The third kappa shape index (κ3) is 2.87. The summed E-state index contributed by atoms with van der Waals surface area (Å²) in [6, 6.07) is 0. The van der Waals surface area contributed by atoms with Gasteiger partial charge in [0.15, 0.2) is 0 Å². The number of rotatable bonds is 3. The SMILES string of the molecule is CC1=C(CO)C(=O)OC([C@@H](C)C2CCC3C4C[C@H]5O[C@]56[C@@H](O)[C@@H](O)CC(=O)[C@]6(C)C4CC[C@@]32C)C1. The Labute approximate surface area is 207 Å². The first-order valence-electron chi connectivity index (χ1n) is 13.6. The molecule has 5 unspecified atom stereocenters. The third-order valence-electron chi connectivity index (χ3n) is 12.0. The number of carbonyl (C=O) groups excluding carboxylic acids is 2. The smallest absolute Gasteiger partial charge is 0.336 e. The summed E-state index contributed by atoms with van der Waals surface area (Å²) in [7, 11) is 0. The van der Waals surface area contributed by atoms with Crippen molar-refractivity contribution in [2.45, 2.75) is 103 Å². The number of hydrogen-bond acceptors (Lipinski definition) is 7. The summed E-state index contributed by atoms with van der Waals surface area (Å²) in [4.78, 5) is 25.9. The maximum absolute atomic E-state index is 13.4. The zero-order valence-corrected chi connectivity index (χ0v) is 21.3. The van der Waals surface area contributed by atoms with Gasteiger partial charge in [-0.2, -0.15) is 0 Å². The van der Waals surface area contributed by atoms with E-state index in [1.54, 1.807) is 0 Å². The quantitative estimate of drug-likeness (QED) is 0.413. The average molecular weight is 489 g/mol. The van der Waals surface area contributed by atoms with Crippen LogP contribution in [0.25, 0.3) is 0 Å². The van der Waals surface area contributed by atoms with Crippen LogP contribution in [0.15, 0.2) is 11.1 Å². The molecule has 3 N–H and O–H groups in total. The van der Waals surface area contributed by atoms with Crippen molar-refractivity contribution in [1.82, 2.24) is 0 Å². The highest BCUT2D eigenvalue weighted by Crippen LogP contribution is 2.73.